The van der Waals surface area contributed by atoms with Gasteiger partial charge in [0.05, 0.1) is 6.54 Å². The number of benzene rings is 1. The van der Waals surface area contributed by atoms with Crippen LogP contribution >= 0.6 is 24.0 Å². The van der Waals surface area contributed by atoms with Gasteiger partial charge in [-0.25, -0.2) is 0 Å². The molecule has 0 aliphatic carbocycles. The molecule has 1 aromatic carbocycles. The molecule has 1 aliphatic rings. The number of likely N-dealkylation sites (tertiary alicyclic amines) is 1. The van der Waals surface area contributed by atoms with Crippen LogP contribution in [0.2, 0.25) is 0 Å². The molecule has 2 rings (SSSR count). The van der Waals surface area contributed by atoms with Crippen LogP contribution in [0.25, 0.3) is 0 Å². The fraction of sp³-hybridized carbons (Fsp3) is 0.682. The number of nitrogens with one attached hydrogen (secondary N) is 2. The predicted octanol–water partition coefficient (Wildman–Crippen LogP) is 4.81. The fourth-order valence-corrected chi connectivity index (χ4v) is 3.56. The highest BCUT2D eigenvalue weighted by Gasteiger charge is 2.32. The Bertz CT molecular complexity index is 684. The molecule has 1 heterocycles. The third-order valence-electron chi connectivity index (χ3n) is 5.01. The first-order valence-corrected chi connectivity index (χ1v) is 10.6. The van der Waals surface area contributed by atoms with Crippen molar-refractivity contribution in [3.05, 3.63) is 29.8 Å². The minimum atomic E-state index is -4.11. The van der Waals surface area contributed by atoms with Crippen molar-refractivity contribution in [2.75, 3.05) is 33.2 Å². The number of hydrogen-bond donors (Lipinski definition) is 2. The van der Waals surface area contributed by atoms with Crippen LogP contribution in [0.3, 0.4) is 0 Å². The van der Waals surface area contributed by atoms with Crippen LogP contribution in [0.1, 0.15) is 45.6 Å². The van der Waals surface area contributed by atoms with Gasteiger partial charge in [0.1, 0.15) is 11.4 Å². The monoisotopic (exact) mass is 556 g/mol. The summed E-state index contributed by atoms with van der Waals surface area (Å²) in [5, 5.41) is 6.62. The van der Waals surface area contributed by atoms with Gasteiger partial charge in [-0.05, 0) is 65.1 Å². The average molecular weight is 556 g/mol. The van der Waals surface area contributed by atoms with Gasteiger partial charge in [0, 0.05) is 25.7 Å². The summed E-state index contributed by atoms with van der Waals surface area (Å²) in [6.07, 6.45) is -1.57. The third kappa shape index (κ3) is 11.3. The summed E-state index contributed by atoms with van der Waals surface area (Å²) in [7, 11) is 1.72. The van der Waals surface area contributed by atoms with Gasteiger partial charge in [-0.3, -0.25) is 9.89 Å². The van der Waals surface area contributed by atoms with Gasteiger partial charge in [-0.1, -0.05) is 18.2 Å². The molecular weight excluding hydrogens is 520 g/mol. The van der Waals surface area contributed by atoms with Gasteiger partial charge in [0.25, 0.3) is 0 Å². The maximum atomic E-state index is 12.5. The number of ether oxygens (including phenoxy) is 1. The van der Waals surface area contributed by atoms with Gasteiger partial charge in [0.2, 0.25) is 0 Å². The molecule has 0 aromatic heterocycles. The molecule has 0 amide bonds. The van der Waals surface area contributed by atoms with E-state index in [0.29, 0.717) is 31.5 Å². The van der Waals surface area contributed by atoms with Crippen LogP contribution in [-0.2, 0) is 6.54 Å². The largest absolute Gasteiger partial charge is 0.488 e. The Balaban J connectivity index is 0.00000480. The smallest absolute Gasteiger partial charge is 0.401 e. The number of aliphatic imine (C=N–C) groups is 1. The van der Waals surface area contributed by atoms with E-state index in [4.69, 9.17) is 4.74 Å². The Hall–Kier alpha value is -1.23. The number of para-hydroxylation sites is 1. The predicted molar refractivity (Wildman–Crippen MR) is 130 cm³/mol. The van der Waals surface area contributed by atoms with E-state index in [0.717, 1.165) is 37.1 Å². The SMILES string of the molecule is CN=C(NCCC1CCN(CC(F)(F)F)CC1)NCc1ccccc1OC(C)(C)C.I. The maximum absolute atomic E-state index is 12.5. The molecule has 1 saturated heterocycles. The summed E-state index contributed by atoms with van der Waals surface area (Å²) in [4.78, 5) is 5.76. The highest BCUT2D eigenvalue weighted by molar-refractivity contribution is 14.0. The van der Waals surface area contributed by atoms with Gasteiger partial charge < -0.3 is 15.4 Å². The molecule has 1 aliphatic heterocycles. The molecular formula is C22H36F3IN4O. The second kappa shape index (κ2) is 12.7. The number of piperidine rings is 1. The molecule has 1 aromatic rings. The number of hydrogen-bond acceptors (Lipinski definition) is 3. The van der Waals surface area contributed by atoms with E-state index in [1.54, 1.807) is 7.05 Å². The topological polar surface area (TPSA) is 48.9 Å². The first-order chi connectivity index (χ1) is 14.1. The molecule has 0 radical (unpaired) electrons. The zero-order chi connectivity index (χ0) is 22.2. The molecule has 0 saturated carbocycles. The van der Waals surface area contributed by atoms with E-state index >= 15 is 0 Å². The molecule has 0 spiro atoms. The van der Waals surface area contributed by atoms with E-state index in [1.165, 1.54) is 4.90 Å². The van der Waals surface area contributed by atoms with Crippen molar-refractivity contribution in [2.24, 2.45) is 10.9 Å². The summed E-state index contributed by atoms with van der Waals surface area (Å²) < 4.78 is 43.5. The first kappa shape index (κ1) is 27.8. The molecule has 1 fully saturated rings. The van der Waals surface area contributed by atoms with Crippen LogP contribution < -0.4 is 15.4 Å². The highest BCUT2D eigenvalue weighted by atomic mass is 127. The number of nitrogens with zero attached hydrogens (tertiary/aromatic N) is 2. The van der Waals surface area contributed by atoms with Crippen LogP contribution in [0, 0.1) is 5.92 Å². The molecule has 2 N–H and O–H groups in total. The number of rotatable bonds is 7. The standard InChI is InChI=1S/C22H35F3N4O.HI/c1-21(2,3)30-19-8-6-5-7-18(19)15-28-20(26-4)27-12-9-17-10-13-29(14-11-17)16-22(23,24)25;/h5-8,17H,9-16H2,1-4H3,(H2,26,27,28);1H. The Labute approximate surface area is 201 Å². The second-order valence-corrected chi connectivity index (χ2v) is 8.80. The van der Waals surface area contributed by atoms with Crippen molar-refractivity contribution in [2.45, 2.75) is 58.4 Å². The van der Waals surface area contributed by atoms with Crippen molar-refractivity contribution >= 4 is 29.9 Å². The zero-order valence-corrected chi connectivity index (χ0v) is 21.2. The van der Waals surface area contributed by atoms with Gasteiger partial charge in [0.15, 0.2) is 5.96 Å². The van der Waals surface area contributed by atoms with E-state index in [2.05, 4.69) is 15.6 Å². The van der Waals surface area contributed by atoms with Gasteiger partial charge in [-0.2, -0.15) is 13.2 Å². The minimum Gasteiger partial charge on any atom is -0.488 e. The van der Waals surface area contributed by atoms with E-state index < -0.39 is 12.7 Å². The second-order valence-electron chi connectivity index (χ2n) is 8.80. The lowest BCUT2D eigenvalue weighted by Crippen LogP contribution is -2.41. The molecule has 5 nitrogen and oxygen atoms in total. The molecule has 31 heavy (non-hydrogen) atoms. The average Bonchev–Trinajstić information content (AvgIpc) is 2.64. The number of halogens is 4. The van der Waals surface area contributed by atoms with Gasteiger partial charge >= 0.3 is 6.18 Å². The zero-order valence-electron chi connectivity index (χ0n) is 18.9. The van der Waals surface area contributed by atoms with Crippen LogP contribution in [-0.4, -0.2) is 55.9 Å². The lowest BCUT2D eigenvalue weighted by molar-refractivity contribution is -0.148. The lowest BCUT2D eigenvalue weighted by atomic mass is 9.93. The van der Waals surface area contributed by atoms with Gasteiger partial charge in [-0.15, -0.1) is 24.0 Å². The van der Waals surface area contributed by atoms with E-state index in [1.807, 2.05) is 45.0 Å². The summed E-state index contributed by atoms with van der Waals surface area (Å²) in [5.74, 6) is 2.00. The lowest BCUT2D eigenvalue weighted by Gasteiger charge is -2.32. The van der Waals surface area contributed by atoms with Crippen molar-refractivity contribution in [1.29, 1.82) is 0 Å². The number of alkyl halides is 3. The Morgan fingerprint density at radius 3 is 2.35 bits per heavy atom. The highest BCUT2D eigenvalue weighted by Crippen LogP contribution is 2.24. The van der Waals surface area contributed by atoms with E-state index in [9.17, 15) is 13.2 Å². The van der Waals surface area contributed by atoms with Crippen LogP contribution in [0.15, 0.2) is 29.3 Å². The Kier molecular flexibility index (Phi) is 11.4. The Morgan fingerprint density at radius 2 is 1.77 bits per heavy atom. The summed E-state index contributed by atoms with van der Waals surface area (Å²) in [6, 6.07) is 7.92. The van der Waals surface area contributed by atoms with Crippen LogP contribution in [0.4, 0.5) is 13.2 Å². The third-order valence-corrected chi connectivity index (χ3v) is 5.01. The quantitative estimate of drug-likeness (QED) is 0.288. The van der Waals surface area contributed by atoms with E-state index in [-0.39, 0.29) is 29.6 Å². The molecule has 9 heteroatoms. The molecule has 0 atom stereocenters. The summed E-state index contributed by atoms with van der Waals surface area (Å²) in [6.45, 7) is 7.62. The van der Waals surface area contributed by atoms with Crippen molar-refractivity contribution < 1.29 is 17.9 Å². The van der Waals surface area contributed by atoms with Crippen LogP contribution in [0.5, 0.6) is 5.75 Å². The van der Waals surface area contributed by atoms with Crippen molar-refractivity contribution in [3.8, 4) is 5.75 Å². The van der Waals surface area contributed by atoms with Crippen molar-refractivity contribution in [3.63, 3.8) is 0 Å². The first-order valence-electron chi connectivity index (χ1n) is 10.6. The summed E-state index contributed by atoms with van der Waals surface area (Å²) >= 11 is 0. The maximum Gasteiger partial charge on any atom is 0.401 e. The normalized spacial score (nSPS) is 16.5. The number of guanidine groups is 1. The summed E-state index contributed by atoms with van der Waals surface area (Å²) in [5.41, 5.74) is 0.776. The minimum absolute atomic E-state index is 0. The molecule has 0 unspecified atom stereocenters. The molecule has 0 bridgehead atoms. The Morgan fingerprint density at radius 1 is 1.13 bits per heavy atom. The fourth-order valence-electron chi connectivity index (χ4n) is 3.56. The molecule has 178 valence electrons. The van der Waals surface area contributed by atoms with Crippen molar-refractivity contribution in [1.82, 2.24) is 15.5 Å².